The third kappa shape index (κ3) is 14.0. The number of halogens is 2. The summed E-state index contributed by atoms with van der Waals surface area (Å²) in [6, 6.07) is 10.5. The number of hydroxylamine groups is 4. The van der Waals surface area contributed by atoms with Gasteiger partial charge in [0.15, 0.2) is 16.6 Å². The van der Waals surface area contributed by atoms with Crippen LogP contribution in [0.4, 0.5) is 0 Å². The first-order valence-electron chi connectivity index (χ1n) is 30.0. The first kappa shape index (κ1) is 66.8. The van der Waals surface area contributed by atoms with Gasteiger partial charge in [0.1, 0.15) is 42.4 Å². The molecule has 0 aromatic heterocycles. The summed E-state index contributed by atoms with van der Waals surface area (Å²) >= 11 is 4.38. The Kier molecular flexibility index (Phi) is 21.1. The first-order valence-corrected chi connectivity index (χ1v) is 38.0. The summed E-state index contributed by atoms with van der Waals surface area (Å²) in [4.78, 5) is 41.4. The number of aliphatic hydroxyl groups excluding tert-OH is 2. The van der Waals surface area contributed by atoms with E-state index in [1.165, 1.54) is 12.8 Å². The van der Waals surface area contributed by atoms with Crippen LogP contribution in [0.5, 0.6) is 11.5 Å². The van der Waals surface area contributed by atoms with Crippen molar-refractivity contribution in [2.24, 2.45) is 58.2 Å². The SMILES string of the molecule is C=CCOc1c(I)cccc1CN1O[C@@H](CO[Si](C)(C)C(C)(C)C)[C@@H]([C@H](C)O)[C@H]1C(=O)N[C@H]1C[C@H]2C[C@@H]([C@@H]1C)C2(C)C.C[C@@H]1[C@@H](NC(=O)[C@@H]2[C@H]([C@H](C)O)[C@H](CO[Si](C)(C)C(C)(C)C)ON2Cc2cccc(I)c2O)C[C@H]2C[C@@H]1C2(C)C. The monoisotopic (exact) mass is 1380 g/mol. The lowest BCUT2D eigenvalue weighted by Crippen LogP contribution is -2.62. The Hall–Kier alpha value is -1.71. The number of phenols is 1. The molecule has 0 spiro atoms. The van der Waals surface area contributed by atoms with Gasteiger partial charge < -0.3 is 39.5 Å². The molecule has 456 valence electrons. The van der Waals surface area contributed by atoms with Gasteiger partial charge in [-0.3, -0.25) is 19.3 Å². The lowest BCUT2D eigenvalue weighted by atomic mass is 9.45. The molecule has 10 rings (SSSR count). The fraction of sp³-hybridized carbons (Fsp3) is 0.746. The predicted octanol–water partition coefficient (Wildman–Crippen LogP) is 12.2. The molecule has 0 radical (unpaired) electrons. The highest BCUT2D eigenvalue weighted by Gasteiger charge is 2.60. The molecular formula is C63H102I2N4O10Si2. The van der Waals surface area contributed by atoms with Gasteiger partial charge in [-0.2, -0.15) is 10.1 Å². The summed E-state index contributed by atoms with van der Waals surface area (Å²) in [7, 11) is -4.17. The second-order valence-corrected chi connectivity index (χ2v) is 41.3. The molecular weight excluding hydrogens is 1280 g/mol. The molecule has 5 N–H and O–H groups in total. The van der Waals surface area contributed by atoms with Gasteiger partial charge in [0.2, 0.25) is 11.8 Å². The molecule has 2 aromatic rings. The van der Waals surface area contributed by atoms with Crippen LogP contribution in [0, 0.1) is 65.3 Å². The van der Waals surface area contributed by atoms with Crippen molar-refractivity contribution in [1.29, 1.82) is 0 Å². The molecule has 81 heavy (non-hydrogen) atoms. The number of benzene rings is 2. The van der Waals surface area contributed by atoms with Gasteiger partial charge in [0, 0.05) is 35.0 Å². The van der Waals surface area contributed by atoms with Gasteiger partial charge in [-0.05, 0) is 179 Å². The summed E-state index contributed by atoms with van der Waals surface area (Å²) < 4.78 is 20.9. The number of amides is 2. The van der Waals surface area contributed by atoms with Crippen LogP contribution in [-0.2, 0) is 41.2 Å². The molecule has 16 atom stereocenters. The maximum atomic E-state index is 14.3. The first-order chi connectivity index (χ1) is 37.4. The number of hydrogen-bond acceptors (Lipinski definition) is 12. The number of carbonyl (C=O) groups excluding carboxylic acids is 2. The van der Waals surface area contributed by atoms with Crippen molar-refractivity contribution in [3.63, 3.8) is 0 Å². The number of para-hydroxylation sites is 2. The van der Waals surface area contributed by atoms with Crippen molar-refractivity contribution >= 4 is 73.6 Å². The van der Waals surface area contributed by atoms with Crippen molar-refractivity contribution in [1.82, 2.24) is 20.8 Å². The molecule has 6 aliphatic carbocycles. The van der Waals surface area contributed by atoms with Gasteiger partial charge >= 0.3 is 0 Å². The van der Waals surface area contributed by atoms with Gasteiger partial charge in [0.25, 0.3) is 0 Å². The molecule has 2 aliphatic heterocycles. The van der Waals surface area contributed by atoms with Crippen LogP contribution in [0.3, 0.4) is 0 Å². The predicted molar refractivity (Wildman–Crippen MR) is 343 cm³/mol. The molecule has 8 aliphatic rings. The van der Waals surface area contributed by atoms with Gasteiger partial charge in [-0.1, -0.05) is 120 Å². The van der Waals surface area contributed by atoms with Gasteiger partial charge in [-0.25, -0.2) is 0 Å². The molecule has 14 nitrogen and oxygen atoms in total. The second kappa shape index (κ2) is 25.6. The smallest absolute Gasteiger partial charge is 0.240 e. The number of aromatic hydroxyl groups is 1. The van der Waals surface area contributed by atoms with Crippen LogP contribution in [0.15, 0.2) is 49.1 Å². The number of nitrogens with zero attached hydrogens (tertiary/aromatic N) is 2. The topological polar surface area (TPSA) is 172 Å². The van der Waals surface area contributed by atoms with E-state index in [0.29, 0.717) is 78.3 Å². The number of rotatable bonds is 19. The van der Waals surface area contributed by atoms with Crippen molar-refractivity contribution in [3.8, 4) is 11.5 Å². The quantitative estimate of drug-likeness (QED) is 0.0513. The van der Waals surface area contributed by atoms with Crippen LogP contribution in [0.25, 0.3) is 0 Å². The molecule has 2 heterocycles. The minimum atomic E-state index is -2.09. The van der Waals surface area contributed by atoms with Crippen molar-refractivity contribution in [2.45, 2.75) is 221 Å². The third-order valence-electron chi connectivity index (χ3n) is 21.7. The summed E-state index contributed by atoms with van der Waals surface area (Å²) in [5, 5.41) is 43.2. The Bertz CT molecular complexity index is 2540. The van der Waals surface area contributed by atoms with Gasteiger partial charge in [-0.15, -0.1) is 0 Å². The zero-order valence-corrected chi connectivity index (χ0v) is 58.5. The standard InChI is InChI=1S/C33H53IN2O5Si.C30H49IN2O5Si/c1-11-15-39-30-22(13-12-14-25(30)34)18-36-29(31(38)35-26-17-23-16-24(20(26)2)33(23,7)8)28(21(3)37)27(41-36)19-40-42(9,10)32(4,5)6;1-17-21-13-20(30(21,6)7)14-23(17)32-28(36)26-25(18(2)34)24(16-37-39(8,9)29(3,4)5)38-33(26)15-19-11-10-12-22(31)27(19)35/h11-14,20-21,23-24,26-29,37H,1,15-19H2,2-10H3,(H,35,38);10-12,17-18,20-21,23-26,34-35H,13-16H2,1-9H3,(H,32,36)/t20-,21-,23+,24-,26-,27-,28+,29-;17-,18-,20+,21-,23-,24-,25+,26-/m00/s1. The van der Waals surface area contributed by atoms with E-state index in [9.17, 15) is 24.9 Å². The Labute approximate surface area is 516 Å². The number of carbonyl (C=O) groups is 2. The Morgan fingerprint density at radius 3 is 1.48 bits per heavy atom. The van der Waals surface area contributed by atoms with E-state index >= 15 is 0 Å². The van der Waals surface area contributed by atoms with E-state index in [1.807, 2.05) is 36.4 Å². The van der Waals surface area contributed by atoms with Crippen molar-refractivity contribution in [2.75, 3.05) is 19.8 Å². The van der Waals surface area contributed by atoms with E-state index in [1.54, 1.807) is 30.0 Å². The van der Waals surface area contributed by atoms with Crippen LogP contribution < -0.4 is 15.4 Å². The average Bonchev–Trinajstić information content (AvgIpc) is 4.03. The fourth-order valence-corrected chi connectivity index (χ4v) is 17.3. The molecule has 2 aromatic carbocycles. The maximum Gasteiger partial charge on any atom is 0.240 e. The van der Waals surface area contributed by atoms with Crippen LogP contribution >= 0.6 is 45.2 Å². The summed E-state index contributed by atoms with van der Waals surface area (Å²) in [5.74, 6) is 3.14. The molecule has 0 unspecified atom stereocenters. The molecule has 4 bridgehead atoms. The maximum absolute atomic E-state index is 14.3. The number of ether oxygens (including phenoxy) is 1. The Balaban J connectivity index is 0.000000234. The fourth-order valence-electron chi connectivity index (χ4n) is 14.0. The van der Waals surface area contributed by atoms with Crippen molar-refractivity contribution < 1.29 is 48.2 Å². The van der Waals surface area contributed by atoms with Crippen LogP contribution in [0.2, 0.25) is 36.3 Å². The molecule has 8 fully saturated rings. The molecule has 18 heteroatoms. The number of hydrogen-bond donors (Lipinski definition) is 5. The minimum Gasteiger partial charge on any atom is -0.507 e. The van der Waals surface area contributed by atoms with E-state index < -0.39 is 65.0 Å². The lowest BCUT2D eigenvalue weighted by molar-refractivity contribution is -0.183. The summed E-state index contributed by atoms with van der Waals surface area (Å²) in [6.07, 6.45) is 3.74. The number of fused-ring (bicyclic) bond motifs is 4. The largest absolute Gasteiger partial charge is 0.507 e. The lowest BCUT2D eigenvalue weighted by Gasteiger charge is -2.62. The second-order valence-electron chi connectivity index (χ2n) is 29.3. The summed E-state index contributed by atoms with van der Waals surface area (Å²) in [5.41, 5.74) is 2.28. The zero-order valence-electron chi connectivity index (χ0n) is 52.2. The van der Waals surface area contributed by atoms with Crippen molar-refractivity contribution in [3.05, 3.63) is 67.3 Å². The summed E-state index contributed by atoms with van der Waals surface area (Å²) in [6.45, 7) is 45.0. The molecule has 2 amide bonds. The number of nitrogens with one attached hydrogen (secondary N) is 2. The van der Waals surface area contributed by atoms with E-state index in [0.717, 1.165) is 31.3 Å². The highest BCUT2D eigenvalue weighted by atomic mass is 127. The number of phenolic OH excluding ortho intramolecular Hbond substituents is 1. The Morgan fingerprint density at radius 1 is 0.716 bits per heavy atom. The van der Waals surface area contributed by atoms with Crippen LogP contribution in [-0.4, -0.2) is 122 Å². The zero-order chi connectivity index (χ0) is 60.3. The Morgan fingerprint density at radius 2 is 1.11 bits per heavy atom. The average molecular weight is 1390 g/mol. The third-order valence-corrected chi connectivity index (χ3v) is 32.4. The molecule has 6 saturated carbocycles. The highest BCUT2D eigenvalue weighted by molar-refractivity contribution is 14.1. The van der Waals surface area contributed by atoms with Crippen LogP contribution in [0.1, 0.15) is 134 Å². The van der Waals surface area contributed by atoms with E-state index in [-0.39, 0.29) is 46.3 Å². The molecule has 2 saturated heterocycles. The van der Waals surface area contributed by atoms with E-state index in [2.05, 4.69) is 172 Å². The highest BCUT2D eigenvalue weighted by Crippen LogP contribution is 2.62. The minimum absolute atomic E-state index is 0.0284. The van der Waals surface area contributed by atoms with Gasteiger partial charge in [0.05, 0.1) is 45.7 Å². The van der Waals surface area contributed by atoms with E-state index in [4.69, 9.17) is 23.3 Å². The number of aliphatic hydroxyl groups is 2. The normalized spacial score (nSPS) is 32.6.